The molecule has 0 aliphatic carbocycles. The van der Waals surface area contributed by atoms with E-state index in [1.165, 1.54) is 11.8 Å². The van der Waals surface area contributed by atoms with Gasteiger partial charge in [0.25, 0.3) is 11.8 Å². The number of carbonyl (C=O) groups is 2. The number of aliphatic imine (C=N–C) groups is 1. The molecule has 10 heteroatoms. The van der Waals surface area contributed by atoms with Crippen LogP contribution < -0.4 is 10.6 Å². The molecule has 10 nitrogen and oxygen atoms in total. The highest BCUT2D eigenvalue weighted by atomic mass is 16.2. The van der Waals surface area contributed by atoms with Crippen LogP contribution in [0.1, 0.15) is 46.0 Å². The standard InChI is InChI=1S/C36H36N8O2/c1-5-37-32-23-44(20-19-42(32)4)36(46)27-13-15-29(16-14-27)39-33-34-38-17-18-43(34)22-31(41-33)28-7-6-8-30(21-28)40-35(45)26-11-9-25(10-12-26)24(2)3/h5-18,21-22,24H,1,19-20,23H2,2-4H3,(H,39,41)(H,40,45). The number of fused-ring (bicyclic) bond motifs is 1. The van der Waals surface area contributed by atoms with Crippen molar-refractivity contribution in [3.63, 3.8) is 0 Å². The summed E-state index contributed by atoms with van der Waals surface area (Å²) >= 11 is 0. The molecule has 2 N–H and O–H groups in total. The maximum Gasteiger partial charge on any atom is 0.255 e. The van der Waals surface area contributed by atoms with Gasteiger partial charge in [-0.25, -0.2) is 15.0 Å². The Labute approximate surface area is 268 Å². The topological polar surface area (TPSA) is 107 Å². The lowest BCUT2D eigenvalue weighted by Gasteiger charge is -2.34. The molecule has 1 saturated heterocycles. The van der Waals surface area contributed by atoms with Crippen LogP contribution in [-0.2, 0) is 0 Å². The van der Waals surface area contributed by atoms with Gasteiger partial charge in [-0.3, -0.25) is 9.59 Å². The number of nitrogens with one attached hydrogen (secondary N) is 2. The van der Waals surface area contributed by atoms with Gasteiger partial charge in [0.2, 0.25) is 0 Å². The second kappa shape index (κ2) is 13.1. The summed E-state index contributed by atoms with van der Waals surface area (Å²) in [5.41, 5.74) is 6.00. The SMILES string of the molecule is C=CN=C1CN(C(=O)c2ccc(Nc3nc(-c4cccc(NC(=O)c5ccc(C(C)C)cc5)c4)cn4ccnc34)cc2)CCN1C. The third-order valence-corrected chi connectivity index (χ3v) is 8.03. The maximum absolute atomic E-state index is 13.2. The number of benzene rings is 3. The number of imidazole rings is 1. The quantitative estimate of drug-likeness (QED) is 0.209. The average molecular weight is 613 g/mol. The number of hydrogen-bond acceptors (Lipinski definition) is 6. The van der Waals surface area contributed by atoms with Crippen LogP contribution in [0.5, 0.6) is 0 Å². The molecule has 0 bridgehead atoms. The summed E-state index contributed by atoms with van der Waals surface area (Å²) in [6.07, 6.45) is 6.98. The van der Waals surface area contributed by atoms with Crippen molar-refractivity contribution >= 4 is 40.5 Å². The number of amides is 2. The van der Waals surface area contributed by atoms with Gasteiger partial charge in [-0.05, 0) is 60.0 Å². The summed E-state index contributed by atoms with van der Waals surface area (Å²) in [6.45, 7) is 9.70. The Balaban J connectivity index is 1.19. The van der Waals surface area contributed by atoms with Gasteiger partial charge in [0, 0.05) is 73.0 Å². The van der Waals surface area contributed by atoms with Crippen LogP contribution in [0.2, 0.25) is 0 Å². The Morgan fingerprint density at radius 3 is 2.48 bits per heavy atom. The number of carbonyl (C=O) groups excluding carboxylic acids is 2. The zero-order valence-electron chi connectivity index (χ0n) is 26.1. The Kier molecular flexibility index (Phi) is 8.60. The molecule has 1 aliphatic heterocycles. The third kappa shape index (κ3) is 6.51. The minimum atomic E-state index is -0.173. The monoisotopic (exact) mass is 612 g/mol. The molecule has 2 amide bonds. The van der Waals surface area contributed by atoms with E-state index in [9.17, 15) is 9.59 Å². The fourth-order valence-electron chi connectivity index (χ4n) is 5.34. The van der Waals surface area contributed by atoms with Gasteiger partial charge >= 0.3 is 0 Å². The predicted molar refractivity (Wildman–Crippen MR) is 183 cm³/mol. The van der Waals surface area contributed by atoms with E-state index in [-0.39, 0.29) is 11.8 Å². The van der Waals surface area contributed by atoms with Gasteiger partial charge in [-0.1, -0.05) is 44.7 Å². The molecule has 2 aromatic heterocycles. The molecule has 6 rings (SSSR count). The summed E-state index contributed by atoms with van der Waals surface area (Å²) in [4.78, 5) is 43.7. The van der Waals surface area contributed by atoms with E-state index in [1.807, 2.05) is 102 Å². The normalized spacial score (nSPS) is 14.1. The minimum absolute atomic E-state index is 0.0493. The summed E-state index contributed by atoms with van der Waals surface area (Å²) < 4.78 is 1.90. The van der Waals surface area contributed by atoms with E-state index in [4.69, 9.17) is 4.98 Å². The van der Waals surface area contributed by atoms with E-state index in [2.05, 4.69) is 41.0 Å². The third-order valence-electron chi connectivity index (χ3n) is 8.03. The summed E-state index contributed by atoms with van der Waals surface area (Å²) in [5.74, 6) is 1.55. The highest BCUT2D eigenvalue weighted by Crippen LogP contribution is 2.27. The van der Waals surface area contributed by atoms with Gasteiger partial charge in [-0.15, -0.1) is 0 Å². The molecule has 1 aliphatic rings. The van der Waals surface area contributed by atoms with Crippen LogP contribution in [0.15, 0.2) is 109 Å². The van der Waals surface area contributed by atoms with Gasteiger partial charge < -0.3 is 24.8 Å². The molecule has 3 heterocycles. The summed E-state index contributed by atoms with van der Waals surface area (Å²) in [6, 6.07) is 22.6. The Hall–Kier alpha value is -5.77. The molecular formula is C36H36N8O2. The Morgan fingerprint density at radius 2 is 1.74 bits per heavy atom. The van der Waals surface area contributed by atoms with Crippen molar-refractivity contribution in [2.24, 2.45) is 4.99 Å². The number of hydrogen-bond donors (Lipinski definition) is 2. The Bertz CT molecular complexity index is 1930. The number of aromatic nitrogens is 3. The molecule has 1 fully saturated rings. The smallest absolute Gasteiger partial charge is 0.255 e. The molecule has 0 spiro atoms. The summed E-state index contributed by atoms with van der Waals surface area (Å²) in [7, 11) is 1.97. The second-order valence-electron chi connectivity index (χ2n) is 11.5. The molecule has 232 valence electrons. The van der Waals surface area contributed by atoms with Crippen molar-refractivity contribution in [2.75, 3.05) is 37.3 Å². The predicted octanol–water partition coefficient (Wildman–Crippen LogP) is 6.45. The fourth-order valence-corrected chi connectivity index (χ4v) is 5.34. The molecule has 3 aromatic carbocycles. The fraction of sp³-hybridized carbons (Fsp3) is 0.194. The van der Waals surface area contributed by atoms with Crippen molar-refractivity contribution in [3.05, 3.63) is 121 Å². The van der Waals surface area contributed by atoms with Gasteiger partial charge in [0.15, 0.2) is 11.5 Å². The van der Waals surface area contributed by atoms with Crippen LogP contribution in [0.3, 0.4) is 0 Å². The van der Waals surface area contributed by atoms with Crippen LogP contribution in [0.4, 0.5) is 17.2 Å². The first-order valence-corrected chi connectivity index (χ1v) is 15.2. The van der Waals surface area contributed by atoms with E-state index < -0.39 is 0 Å². The van der Waals surface area contributed by atoms with Crippen LogP contribution in [-0.4, -0.2) is 68.5 Å². The first-order chi connectivity index (χ1) is 22.3. The van der Waals surface area contributed by atoms with E-state index >= 15 is 0 Å². The number of anilines is 3. The van der Waals surface area contributed by atoms with Crippen LogP contribution in [0, 0.1) is 0 Å². The number of rotatable bonds is 8. The maximum atomic E-state index is 13.2. The number of amidine groups is 1. The molecule has 46 heavy (non-hydrogen) atoms. The zero-order chi connectivity index (χ0) is 32.2. The second-order valence-corrected chi connectivity index (χ2v) is 11.5. The first kappa shape index (κ1) is 30.3. The highest BCUT2D eigenvalue weighted by Gasteiger charge is 2.24. The van der Waals surface area contributed by atoms with Crippen molar-refractivity contribution in [1.82, 2.24) is 24.2 Å². The van der Waals surface area contributed by atoms with Crippen LogP contribution in [0.25, 0.3) is 16.9 Å². The largest absolute Gasteiger partial charge is 0.360 e. The molecule has 0 radical (unpaired) electrons. The van der Waals surface area contributed by atoms with Gasteiger partial charge in [0.05, 0.1) is 12.2 Å². The van der Waals surface area contributed by atoms with E-state index in [0.717, 1.165) is 17.1 Å². The number of likely N-dealkylation sites (N-methyl/N-ethyl adjacent to an activating group) is 1. The van der Waals surface area contributed by atoms with Crippen molar-refractivity contribution < 1.29 is 9.59 Å². The van der Waals surface area contributed by atoms with Crippen LogP contribution >= 0.6 is 0 Å². The lowest BCUT2D eigenvalue weighted by Crippen LogP contribution is -2.50. The number of piperazine rings is 1. The van der Waals surface area contributed by atoms with Gasteiger partial charge in [0.1, 0.15) is 5.84 Å². The minimum Gasteiger partial charge on any atom is -0.360 e. The van der Waals surface area contributed by atoms with E-state index in [1.54, 1.807) is 11.1 Å². The average Bonchev–Trinajstić information content (AvgIpc) is 3.55. The summed E-state index contributed by atoms with van der Waals surface area (Å²) in [5, 5.41) is 6.38. The van der Waals surface area contributed by atoms with Crippen molar-refractivity contribution in [3.8, 4) is 11.3 Å². The molecular weight excluding hydrogens is 576 g/mol. The Morgan fingerprint density at radius 1 is 0.978 bits per heavy atom. The van der Waals surface area contributed by atoms with E-state index in [0.29, 0.717) is 59.5 Å². The molecule has 5 aromatic rings. The lowest BCUT2D eigenvalue weighted by molar-refractivity contribution is 0.0751. The first-order valence-electron chi connectivity index (χ1n) is 15.2. The van der Waals surface area contributed by atoms with Crippen molar-refractivity contribution in [1.29, 1.82) is 0 Å². The van der Waals surface area contributed by atoms with Crippen molar-refractivity contribution in [2.45, 2.75) is 19.8 Å². The molecule has 0 saturated carbocycles. The molecule has 0 atom stereocenters. The lowest BCUT2D eigenvalue weighted by atomic mass is 10.0. The molecule has 0 unspecified atom stereocenters. The van der Waals surface area contributed by atoms with Gasteiger partial charge in [-0.2, -0.15) is 0 Å². The zero-order valence-corrected chi connectivity index (χ0v) is 26.1. The highest BCUT2D eigenvalue weighted by molar-refractivity contribution is 6.04. The number of nitrogens with zero attached hydrogens (tertiary/aromatic N) is 6.